The molecule has 94 valence electrons. The molecule has 17 heavy (non-hydrogen) atoms. The number of benzene rings is 1. The van der Waals surface area contributed by atoms with Gasteiger partial charge in [-0.2, -0.15) is 0 Å². The lowest BCUT2D eigenvalue weighted by atomic mass is 10.1. The van der Waals surface area contributed by atoms with Crippen molar-refractivity contribution in [3.05, 3.63) is 29.3 Å². The molecule has 0 saturated carbocycles. The molecule has 1 rings (SSSR count). The Balaban J connectivity index is 2.44. The summed E-state index contributed by atoms with van der Waals surface area (Å²) in [5.41, 5.74) is 2.24. The molecule has 4 heteroatoms. The zero-order valence-corrected chi connectivity index (χ0v) is 10.3. The Kier molecular flexibility index (Phi) is 5.49. The fourth-order valence-electron chi connectivity index (χ4n) is 1.57. The molecule has 0 saturated heterocycles. The number of aliphatic carboxylic acids is 1. The lowest BCUT2D eigenvalue weighted by Crippen LogP contribution is -2.17. The molecule has 1 aromatic carbocycles. The van der Waals surface area contributed by atoms with Gasteiger partial charge in [-0.3, -0.25) is 4.79 Å². The molecule has 0 aliphatic carbocycles. The molecule has 0 amide bonds. The van der Waals surface area contributed by atoms with Gasteiger partial charge < -0.3 is 15.2 Å². The van der Waals surface area contributed by atoms with Gasteiger partial charge in [-0.1, -0.05) is 12.1 Å². The summed E-state index contributed by atoms with van der Waals surface area (Å²) in [6.45, 7) is 5.80. The number of hydrogen-bond acceptors (Lipinski definition) is 3. The first-order chi connectivity index (χ1) is 8.13. The Morgan fingerprint density at radius 3 is 2.82 bits per heavy atom. The first-order valence-electron chi connectivity index (χ1n) is 5.78. The minimum atomic E-state index is -0.777. The van der Waals surface area contributed by atoms with E-state index in [1.165, 1.54) is 0 Å². The van der Waals surface area contributed by atoms with Crippen LogP contribution in [0.2, 0.25) is 0 Å². The van der Waals surface area contributed by atoms with E-state index in [0.717, 1.165) is 16.9 Å². The van der Waals surface area contributed by atoms with Gasteiger partial charge in [-0.15, -0.1) is 0 Å². The molecule has 0 atom stereocenters. The van der Waals surface area contributed by atoms with Crippen LogP contribution >= 0.6 is 0 Å². The van der Waals surface area contributed by atoms with Crippen molar-refractivity contribution in [2.24, 2.45) is 0 Å². The van der Waals surface area contributed by atoms with Crippen molar-refractivity contribution < 1.29 is 14.6 Å². The minimum absolute atomic E-state index is 0.149. The van der Waals surface area contributed by atoms with E-state index in [0.29, 0.717) is 19.7 Å². The van der Waals surface area contributed by atoms with Crippen molar-refractivity contribution in [2.75, 3.05) is 13.2 Å². The van der Waals surface area contributed by atoms with E-state index in [2.05, 4.69) is 11.4 Å². The summed E-state index contributed by atoms with van der Waals surface area (Å²) in [6, 6.07) is 6.00. The Labute approximate surface area is 102 Å². The van der Waals surface area contributed by atoms with Gasteiger partial charge in [0.05, 0.1) is 13.0 Å². The van der Waals surface area contributed by atoms with Crippen LogP contribution in [0.5, 0.6) is 5.75 Å². The average Bonchev–Trinajstić information content (AvgIpc) is 2.28. The maximum absolute atomic E-state index is 10.3. The highest BCUT2D eigenvalue weighted by atomic mass is 16.5. The number of aryl methyl sites for hydroxylation is 1. The smallest absolute Gasteiger partial charge is 0.304 e. The number of nitrogens with one attached hydrogen (secondary N) is 1. The largest absolute Gasteiger partial charge is 0.494 e. The normalized spacial score (nSPS) is 10.2. The van der Waals surface area contributed by atoms with E-state index >= 15 is 0 Å². The van der Waals surface area contributed by atoms with E-state index < -0.39 is 5.97 Å². The molecule has 0 aromatic heterocycles. The third kappa shape index (κ3) is 4.87. The molecule has 0 aliphatic heterocycles. The fraction of sp³-hybridized carbons (Fsp3) is 0.462. The maximum atomic E-state index is 10.3. The standard InChI is InChI=1S/C13H19NO3/c1-3-17-12-5-4-11(8-10(12)2)9-14-7-6-13(15)16/h4-5,8,14H,3,6-7,9H2,1-2H3,(H,15,16). The Morgan fingerprint density at radius 1 is 1.47 bits per heavy atom. The highest BCUT2D eigenvalue weighted by Crippen LogP contribution is 2.18. The highest BCUT2D eigenvalue weighted by molar-refractivity contribution is 5.66. The third-order valence-electron chi connectivity index (χ3n) is 2.38. The van der Waals surface area contributed by atoms with Gasteiger partial charge in [0.15, 0.2) is 0 Å². The summed E-state index contributed by atoms with van der Waals surface area (Å²) in [5.74, 6) is 0.127. The topological polar surface area (TPSA) is 58.6 Å². The quantitative estimate of drug-likeness (QED) is 0.712. The molecule has 0 heterocycles. The lowest BCUT2D eigenvalue weighted by molar-refractivity contribution is -0.136. The van der Waals surface area contributed by atoms with Crippen LogP contribution in [0.1, 0.15) is 24.5 Å². The number of carbonyl (C=O) groups is 1. The first-order valence-corrected chi connectivity index (χ1v) is 5.78. The van der Waals surface area contributed by atoms with Crippen LogP contribution in [0.15, 0.2) is 18.2 Å². The second-order valence-electron chi connectivity index (χ2n) is 3.85. The second kappa shape index (κ2) is 6.91. The van der Waals surface area contributed by atoms with Crippen molar-refractivity contribution in [3.63, 3.8) is 0 Å². The zero-order valence-electron chi connectivity index (χ0n) is 10.3. The van der Waals surface area contributed by atoms with Gasteiger partial charge in [0.25, 0.3) is 0 Å². The molecule has 1 aromatic rings. The lowest BCUT2D eigenvalue weighted by Gasteiger charge is -2.09. The molecule has 0 aliphatic rings. The van der Waals surface area contributed by atoms with Crippen LogP contribution < -0.4 is 10.1 Å². The van der Waals surface area contributed by atoms with E-state index in [4.69, 9.17) is 9.84 Å². The third-order valence-corrected chi connectivity index (χ3v) is 2.38. The number of ether oxygens (including phenoxy) is 1. The summed E-state index contributed by atoms with van der Waals surface area (Å²) < 4.78 is 5.45. The minimum Gasteiger partial charge on any atom is -0.494 e. The highest BCUT2D eigenvalue weighted by Gasteiger charge is 2.01. The van der Waals surface area contributed by atoms with Crippen LogP contribution in [-0.2, 0) is 11.3 Å². The summed E-state index contributed by atoms with van der Waals surface area (Å²) >= 11 is 0. The maximum Gasteiger partial charge on any atom is 0.304 e. The van der Waals surface area contributed by atoms with Gasteiger partial charge in [-0.25, -0.2) is 0 Å². The Hall–Kier alpha value is -1.55. The van der Waals surface area contributed by atoms with Crippen LogP contribution in [0.4, 0.5) is 0 Å². The monoisotopic (exact) mass is 237 g/mol. The number of rotatable bonds is 7. The molecule has 0 bridgehead atoms. The molecular weight excluding hydrogens is 218 g/mol. The van der Waals surface area contributed by atoms with Crippen molar-refractivity contribution in [2.45, 2.75) is 26.8 Å². The summed E-state index contributed by atoms with van der Waals surface area (Å²) in [7, 11) is 0. The Morgan fingerprint density at radius 2 is 2.24 bits per heavy atom. The number of hydrogen-bond donors (Lipinski definition) is 2. The summed E-state index contributed by atoms with van der Waals surface area (Å²) in [4.78, 5) is 10.3. The molecule has 0 fully saturated rings. The molecule has 4 nitrogen and oxygen atoms in total. The van der Waals surface area contributed by atoms with Crippen molar-refractivity contribution in [1.29, 1.82) is 0 Å². The van der Waals surface area contributed by atoms with Gasteiger partial charge in [0.1, 0.15) is 5.75 Å². The summed E-state index contributed by atoms with van der Waals surface area (Å²) in [5, 5.41) is 11.6. The number of carboxylic acid groups (broad SMARTS) is 1. The van der Waals surface area contributed by atoms with Crippen LogP contribution in [0.3, 0.4) is 0 Å². The predicted octanol–water partition coefficient (Wildman–Crippen LogP) is 1.96. The fourth-order valence-corrected chi connectivity index (χ4v) is 1.57. The van der Waals surface area contributed by atoms with E-state index in [9.17, 15) is 4.79 Å². The van der Waals surface area contributed by atoms with Crippen LogP contribution in [-0.4, -0.2) is 24.2 Å². The van der Waals surface area contributed by atoms with E-state index in [1.54, 1.807) is 0 Å². The van der Waals surface area contributed by atoms with Crippen molar-refractivity contribution in [3.8, 4) is 5.75 Å². The molecule has 2 N–H and O–H groups in total. The summed E-state index contributed by atoms with van der Waals surface area (Å²) in [6.07, 6.45) is 0.149. The van der Waals surface area contributed by atoms with Gasteiger partial charge >= 0.3 is 5.97 Å². The van der Waals surface area contributed by atoms with Crippen LogP contribution in [0.25, 0.3) is 0 Å². The van der Waals surface area contributed by atoms with Crippen molar-refractivity contribution in [1.82, 2.24) is 5.32 Å². The van der Waals surface area contributed by atoms with Gasteiger partial charge in [0, 0.05) is 13.1 Å². The van der Waals surface area contributed by atoms with E-state index in [-0.39, 0.29) is 6.42 Å². The molecule has 0 radical (unpaired) electrons. The molecular formula is C13H19NO3. The van der Waals surface area contributed by atoms with Crippen LogP contribution in [0, 0.1) is 6.92 Å². The number of carboxylic acids is 1. The molecule has 0 spiro atoms. The van der Waals surface area contributed by atoms with E-state index in [1.807, 2.05) is 26.0 Å². The van der Waals surface area contributed by atoms with Gasteiger partial charge in [0.2, 0.25) is 0 Å². The SMILES string of the molecule is CCOc1ccc(CNCCC(=O)O)cc1C. The van der Waals surface area contributed by atoms with Gasteiger partial charge in [-0.05, 0) is 31.0 Å². The second-order valence-corrected chi connectivity index (χ2v) is 3.85. The average molecular weight is 237 g/mol. The molecule has 0 unspecified atom stereocenters. The zero-order chi connectivity index (χ0) is 12.7. The Bertz CT molecular complexity index is 377. The predicted molar refractivity (Wildman–Crippen MR) is 66.3 cm³/mol. The first kappa shape index (κ1) is 13.5. The van der Waals surface area contributed by atoms with Crippen molar-refractivity contribution >= 4 is 5.97 Å².